The maximum absolute atomic E-state index is 10.4. The van der Waals surface area contributed by atoms with E-state index >= 15 is 0 Å². The molecule has 112 valence electrons. The Labute approximate surface area is 123 Å². The van der Waals surface area contributed by atoms with Crippen molar-refractivity contribution >= 4 is 0 Å². The summed E-state index contributed by atoms with van der Waals surface area (Å²) in [5.41, 5.74) is 2.26. The molecule has 1 unspecified atom stereocenters. The minimum absolute atomic E-state index is 0.360. The molecule has 3 heteroatoms. The van der Waals surface area contributed by atoms with Gasteiger partial charge in [0.1, 0.15) is 0 Å². The van der Waals surface area contributed by atoms with Crippen molar-refractivity contribution in [2.24, 2.45) is 5.92 Å². The minimum Gasteiger partial charge on any atom is -0.387 e. The van der Waals surface area contributed by atoms with E-state index in [4.69, 9.17) is 0 Å². The van der Waals surface area contributed by atoms with Crippen molar-refractivity contribution in [3.05, 3.63) is 35.4 Å². The van der Waals surface area contributed by atoms with E-state index in [9.17, 15) is 5.11 Å². The number of aliphatic hydroxyl groups excluding tert-OH is 1. The zero-order chi connectivity index (χ0) is 14.5. The molecule has 1 saturated heterocycles. The summed E-state index contributed by atoms with van der Waals surface area (Å²) in [6.07, 6.45) is 2.14. The molecule has 1 fully saturated rings. The number of piperidine rings is 1. The van der Waals surface area contributed by atoms with Crippen LogP contribution in [-0.4, -0.2) is 55.2 Å². The van der Waals surface area contributed by atoms with Crippen molar-refractivity contribution in [2.45, 2.75) is 25.9 Å². The highest BCUT2D eigenvalue weighted by Crippen LogP contribution is 2.22. The number of nitrogens with zero attached hydrogens (tertiary/aromatic N) is 2. The molecule has 1 N–H and O–H groups in total. The Bertz CT molecular complexity index is 411. The number of benzene rings is 1. The van der Waals surface area contributed by atoms with Gasteiger partial charge in [-0.25, -0.2) is 0 Å². The van der Waals surface area contributed by atoms with Crippen LogP contribution in [0.1, 0.15) is 30.1 Å². The first-order valence-corrected chi connectivity index (χ1v) is 7.67. The molecule has 0 amide bonds. The Morgan fingerprint density at radius 3 is 2.50 bits per heavy atom. The first-order valence-electron chi connectivity index (χ1n) is 7.67. The summed E-state index contributed by atoms with van der Waals surface area (Å²) in [5.74, 6) is 0.817. The quantitative estimate of drug-likeness (QED) is 0.894. The molecule has 0 saturated carbocycles. The molecule has 3 nitrogen and oxygen atoms in total. The van der Waals surface area contributed by atoms with Gasteiger partial charge in [0.05, 0.1) is 6.10 Å². The topological polar surface area (TPSA) is 26.7 Å². The van der Waals surface area contributed by atoms with Gasteiger partial charge in [-0.3, -0.25) is 0 Å². The Morgan fingerprint density at radius 1 is 1.25 bits per heavy atom. The number of aliphatic hydroxyl groups is 1. The Morgan fingerprint density at radius 2 is 1.90 bits per heavy atom. The lowest BCUT2D eigenvalue weighted by Gasteiger charge is -2.34. The van der Waals surface area contributed by atoms with Crippen molar-refractivity contribution < 1.29 is 5.11 Å². The van der Waals surface area contributed by atoms with Gasteiger partial charge in [0.15, 0.2) is 0 Å². The van der Waals surface area contributed by atoms with Gasteiger partial charge in [-0.2, -0.15) is 0 Å². The van der Waals surface area contributed by atoms with Crippen molar-refractivity contribution in [3.63, 3.8) is 0 Å². The van der Waals surface area contributed by atoms with Crippen molar-refractivity contribution in [1.29, 1.82) is 0 Å². The lowest BCUT2D eigenvalue weighted by atomic mass is 9.95. The van der Waals surface area contributed by atoms with Gasteiger partial charge in [0.25, 0.3) is 0 Å². The summed E-state index contributed by atoms with van der Waals surface area (Å²) < 4.78 is 0. The number of likely N-dealkylation sites (tertiary alicyclic amines) is 1. The van der Waals surface area contributed by atoms with E-state index in [0.717, 1.165) is 31.1 Å². The third-order valence-electron chi connectivity index (χ3n) is 4.31. The van der Waals surface area contributed by atoms with Crippen LogP contribution in [0.2, 0.25) is 0 Å². The Hall–Kier alpha value is -0.900. The SMILES string of the molecule is Cc1ccccc1C(O)CN1CCC(CN(C)C)CC1. The van der Waals surface area contributed by atoms with E-state index in [2.05, 4.69) is 36.9 Å². The molecule has 1 heterocycles. The van der Waals surface area contributed by atoms with Gasteiger partial charge < -0.3 is 14.9 Å². The maximum Gasteiger partial charge on any atom is 0.0919 e. The number of aryl methyl sites for hydroxylation is 1. The van der Waals surface area contributed by atoms with Crippen molar-refractivity contribution in [1.82, 2.24) is 9.80 Å². The second kappa shape index (κ2) is 7.21. The normalized spacial score (nSPS) is 19.4. The Balaban J connectivity index is 1.82. The molecule has 0 aliphatic carbocycles. The van der Waals surface area contributed by atoms with Crippen LogP contribution in [0.25, 0.3) is 0 Å². The van der Waals surface area contributed by atoms with E-state index in [1.807, 2.05) is 18.2 Å². The van der Waals surface area contributed by atoms with E-state index in [0.29, 0.717) is 0 Å². The second-order valence-electron chi connectivity index (χ2n) is 6.38. The fourth-order valence-electron chi connectivity index (χ4n) is 3.17. The van der Waals surface area contributed by atoms with Crippen LogP contribution in [0.15, 0.2) is 24.3 Å². The number of rotatable bonds is 5. The predicted molar refractivity (Wildman–Crippen MR) is 83.9 cm³/mol. The molecule has 1 aromatic carbocycles. The predicted octanol–water partition coefficient (Wildman–Crippen LogP) is 2.30. The average molecular weight is 276 g/mol. The molecule has 0 spiro atoms. The average Bonchev–Trinajstić information content (AvgIpc) is 2.41. The lowest BCUT2D eigenvalue weighted by molar-refractivity contribution is 0.0843. The molecular weight excluding hydrogens is 248 g/mol. The van der Waals surface area contributed by atoms with Crippen LogP contribution in [0.3, 0.4) is 0 Å². The van der Waals surface area contributed by atoms with Crippen molar-refractivity contribution in [3.8, 4) is 0 Å². The molecule has 20 heavy (non-hydrogen) atoms. The first kappa shape index (κ1) is 15.5. The third kappa shape index (κ3) is 4.30. The Kier molecular flexibility index (Phi) is 5.58. The summed E-state index contributed by atoms with van der Waals surface area (Å²) in [6, 6.07) is 8.15. The van der Waals surface area contributed by atoms with E-state index < -0.39 is 0 Å². The summed E-state index contributed by atoms with van der Waals surface area (Å²) in [6.45, 7) is 6.25. The molecule has 1 aliphatic heterocycles. The van der Waals surface area contributed by atoms with Gasteiger partial charge in [-0.15, -0.1) is 0 Å². The molecule has 1 aromatic rings. The summed E-state index contributed by atoms with van der Waals surface area (Å²) in [5, 5.41) is 10.4. The van der Waals surface area contributed by atoms with Gasteiger partial charge in [-0.1, -0.05) is 24.3 Å². The smallest absolute Gasteiger partial charge is 0.0919 e. The molecule has 1 aliphatic rings. The van der Waals surface area contributed by atoms with Gasteiger partial charge >= 0.3 is 0 Å². The molecule has 0 bridgehead atoms. The number of β-amino-alcohol motifs (C(OH)–C–C–N with tert-alkyl or cyclic N) is 1. The van der Waals surface area contributed by atoms with Crippen LogP contribution in [0.4, 0.5) is 0 Å². The summed E-state index contributed by atoms with van der Waals surface area (Å²) in [4.78, 5) is 4.69. The van der Waals surface area contributed by atoms with Gasteiger partial charge in [0.2, 0.25) is 0 Å². The van der Waals surface area contributed by atoms with Gasteiger partial charge in [0, 0.05) is 13.1 Å². The highest BCUT2D eigenvalue weighted by molar-refractivity contribution is 5.27. The standard InChI is InChI=1S/C17H28N2O/c1-14-6-4-5-7-16(14)17(20)13-19-10-8-15(9-11-19)12-18(2)3/h4-7,15,17,20H,8-13H2,1-3H3. The zero-order valence-electron chi connectivity index (χ0n) is 13.0. The molecular formula is C17H28N2O. The van der Waals surface area contributed by atoms with Crippen LogP contribution in [0.5, 0.6) is 0 Å². The summed E-state index contributed by atoms with van der Waals surface area (Å²) in [7, 11) is 4.29. The summed E-state index contributed by atoms with van der Waals surface area (Å²) >= 11 is 0. The van der Waals surface area contributed by atoms with Crippen LogP contribution in [-0.2, 0) is 0 Å². The third-order valence-corrected chi connectivity index (χ3v) is 4.31. The van der Waals surface area contributed by atoms with Gasteiger partial charge in [-0.05, 0) is 64.0 Å². The molecule has 0 aromatic heterocycles. The minimum atomic E-state index is -0.360. The maximum atomic E-state index is 10.4. The fourth-order valence-corrected chi connectivity index (χ4v) is 3.17. The lowest BCUT2D eigenvalue weighted by Crippen LogP contribution is -2.39. The first-order chi connectivity index (χ1) is 9.56. The van der Waals surface area contributed by atoms with Crippen LogP contribution < -0.4 is 0 Å². The van der Waals surface area contributed by atoms with E-state index in [1.54, 1.807) is 0 Å². The van der Waals surface area contributed by atoms with E-state index in [1.165, 1.54) is 24.9 Å². The largest absolute Gasteiger partial charge is 0.387 e. The molecule has 2 rings (SSSR count). The number of hydrogen-bond donors (Lipinski definition) is 1. The fraction of sp³-hybridized carbons (Fsp3) is 0.647. The number of hydrogen-bond acceptors (Lipinski definition) is 3. The second-order valence-corrected chi connectivity index (χ2v) is 6.38. The van der Waals surface area contributed by atoms with Crippen molar-refractivity contribution in [2.75, 3.05) is 40.3 Å². The molecule has 1 atom stereocenters. The van der Waals surface area contributed by atoms with E-state index in [-0.39, 0.29) is 6.10 Å². The monoisotopic (exact) mass is 276 g/mol. The molecule has 0 radical (unpaired) electrons. The zero-order valence-corrected chi connectivity index (χ0v) is 13.0. The highest BCUT2D eigenvalue weighted by Gasteiger charge is 2.22. The van der Waals surface area contributed by atoms with Crippen LogP contribution in [0, 0.1) is 12.8 Å². The highest BCUT2D eigenvalue weighted by atomic mass is 16.3. The van der Waals surface area contributed by atoms with Crippen LogP contribution >= 0.6 is 0 Å².